The van der Waals surface area contributed by atoms with E-state index in [1.165, 1.54) is 16.7 Å². The number of likely N-dealkylation sites (tertiary alicyclic amines) is 1. The number of alkyl halides is 1. The minimum absolute atomic E-state index is 0.0762. The number of thioether (sulfide) groups is 1. The number of benzene rings is 1. The maximum atomic E-state index is 14.0. The first-order valence-corrected chi connectivity index (χ1v) is 12.5. The molecule has 9 heteroatoms. The van der Waals surface area contributed by atoms with Crippen molar-refractivity contribution in [2.75, 3.05) is 19.7 Å². The lowest BCUT2D eigenvalue weighted by atomic mass is 9.71. The molecule has 7 nitrogen and oxygen atoms in total. The molecule has 4 rings (SSSR count). The highest BCUT2D eigenvalue weighted by Gasteiger charge is 2.75. The predicted octanol–water partition coefficient (Wildman–Crippen LogP) is 2.13. The molecule has 1 aromatic rings. The topological polar surface area (TPSA) is 98.2 Å². The van der Waals surface area contributed by atoms with Crippen molar-refractivity contribution in [3.63, 3.8) is 0 Å². The van der Waals surface area contributed by atoms with E-state index in [0.717, 1.165) is 5.56 Å². The summed E-state index contributed by atoms with van der Waals surface area (Å²) in [5, 5.41) is 19.1. The molecule has 32 heavy (non-hydrogen) atoms. The average molecular weight is 523 g/mol. The van der Waals surface area contributed by atoms with Gasteiger partial charge in [0.05, 0.1) is 16.6 Å². The number of hydrogen-bond donors (Lipinski definition) is 2. The molecule has 172 valence electrons. The van der Waals surface area contributed by atoms with Crippen LogP contribution < -0.4 is 0 Å². The van der Waals surface area contributed by atoms with Crippen molar-refractivity contribution in [1.29, 1.82) is 0 Å². The fourth-order valence-electron chi connectivity index (χ4n) is 5.54. The molecule has 2 amide bonds. The minimum Gasteiger partial charge on any atom is -0.481 e. The van der Waals surface area contributed by atoms with Crippen LogP contribution in [0, 0.1) is 11.8 Å². The molecule has 3 fully saturated rings. The summed E-state index contributed by atoms with van der Waals surface area (Å²) < 4.78 is -0.790. The zero-order chi connectivity index (χ0) is 23.0. The molecule has 3 unspecified atom stereocenters. The van der Waals surface area contributed by atoms with Crippen LogP contribution in [-0.4, -0.2) is 78.4 Å². The minimum atomic E-state index is -0.991. The highest BCUT2D eigenvalue weighted by molar-refractivity contribution is 9.09. The SMILES string of the molecule is C=CCN(Cc1ccccc1)C(=O)C1N(CCCO)C(=O)[C@@H]2[C@@H](C(=O)O)[C@@H]3SC12CC3Br. The molecule has 0 aliphatic carbocycles. The summed E-state index contributed by atoms with van der Waals surface area (Å²) >= 11 is 5.12. The Hall–Kier alpha value is -1.84. The lowest BCUT2D eigenvalue weighted by Gasteiger charge is -2.37. The van der Waals surface area contributed by atoms with Gasteiger partial charge in [0, 0.05) is 36.3 Å². The standard InChI is InChI=1S/C23H27BrN2O5S/c1-2-9-25(13-14-7-4-3-5-8-14)21(29)19-23-12-15(24)18(32-23)16(22(30)31)17(23)20(28)26(19)10-6-11-27/h2-5,7-8,15-19,27H,1,6,9-13H2,(H,30,31)/t15?,16-,17+,18-,19?,23?/m1/s1. The Morgan fingerprint density at radius 1 is 1.34 bits per heavy atom. The molecule has 3 aliphatic rings. The van der Waals surface area contributed by atoms with Gasteiger partial charge >= 0.3 is 5.97 Å². The smallest absolute Gasteiger partial charge is 0.308 e. The van der Waals surface area contributed by atoms with Crippen LogP contribution in [0.2, 0.25) is 0 Å². The van der Waals surface area contributed by atoms with Crippen LogP contribution in [0.5, 0.6) is 0 Å². The molecule has 2 N–H and O–H groups in total. The molecular formula is C23H27BrN2O5S. The Bertz CT molecular complexity index is 915. The van der Waals surface area contributed by atoms with Crippen LogP contribution in [0.3, 0.4) is 0 Å². The third-order valence-electron chi connectivity index (χ3n) is 6.74. The van der Waals surface area contributed by atoms with E-state index >= 15 is 0 Å². The molecule has 3 saturated heterocycles. The van der Waals surface area contributed by atoms with Crippen LogP contribution in [0.15, 0.2) is 43.0 Å². The van der Waals surface area contributed by atoms with Crippen molar-refractivity contribution in [3.8, 4) is 0 Å². The van der Waals surface area contributed by atoms with E-state index in [1.54, 1.807) is 11.0 Å². The number of aliphatic carboxylic acids is 1. The van der Waals surface area contributed by atoms with E-state index in [0.29, 0.717) is 25.9 Å². The van der Waals surface area contributed by atoms with E-state index in [1.807, 2.05) is 30.3 Å². The van der Waals surface area contributed by atoms with Gasteiger partial charge in [0.1, 0.15) is 6.04 Å². The predicted molar refractivity (Wildman–Crippen MR) is 125 cm³/mol. The highest BCUT2D eigenvalue weighted by Crippen LogP contribution is 2.67. The number of amides is 2. The summed E-state index contributed by atoms with van der Waals surface area (Å²) in [7, 11) is 0. The number of carbonyl (C=O) groups is 3. The van der Waals surface area contributed by atoms with Crippen LogP contribution >= 0.6 is 27.7 Å². The first-order chi connectivity index (χ1) is 15.4. The third kappa shape index (κ3) is 3.68. The fourth-order valence-corrected chi connectivity index (χ4v) is 9.14. The van der Waals surface area contributed by atoms with Gasteiger partial charge in [0.15, 0.2) is 0 Å². The Labute approximate surface area is 200 Å². The quantitative estimate of drug-likeness (QED) is 0.380. The number of carboxylic acid groups (broad SMARTS) is 1. The number of aliphatic hydroxyl groups excluding tert-OH is 1. The Balaban J connectivity index is 1.73. The summed E-state index contributed by atoms with van der Waals surface area (Å²) in [5.74, 6) is -3.03. The summed E-state index contributed by atoms with van der Waals surface area (Å²) in [6.07, 6.45) is 2.56. The molecule has 0 aromatic heterocycles. The number of rotatable bonds is 9. The number of carbonyl (C=O) groups excluding carboxylic acids is 2. The van der Waals surface area contributed by atoms with E-state index in [9.17, 15) is 24.6 Å². The zero-order valence-corrected chi connectivity index (χ0v) is 20.0. The number of halogens is 1. The maximum absolute atomic E-state index is 14.0. The van der Waals surface area contributed by atoms with Gasteiger partial charge < -0.3 is 20.0 Å². The van der Waals surface area contributed by atoms with Crippen molar-refractivity contribution in [3.05, 3.63) is 48.6 Å². The largest absolute Gasteiger partial charge is 0.481 e. The number of carboxylic acids is 1. The van der Waals surface area contributed by atoms with Crippen molar-refractivity contribution < 1.29 is 24.6 Å². The Morgan fingerprint density at radius 2 is 2.06 bits per heavy atom. The first kappa shape index (κ1) is 23.3. The van der Waals surface area contributed by atoms with Crippen LogP contribution in [0.4, 0.5) is 0 Å². The van der Waals surface area contributed by atoms with Crippen molar-refractivity contribution in [2.24, 2.45) is 11.8 Å². The highest BCUT2D eigenvalue weighted by atomic mass is 79.9. The monoisotopic (exact) mass is 522 g/mol. The lowest BCUT2D eigenvalue weighted by molar-refractivity contribution is -0.148. The molecule has 0 saturated carbocycles. The number of fused-ring (bicyclic) bond motifs is 1. The number of nitrogens with zero attached hydrogens (tertiary/aromatic N) is 2. The van der Waals surface area contributed by atoms with Gasteiger partial charge in [-0.05, 0) is 18.4 Å². The summed E-state index contributed by atoms with van der Waals surface area (Å²) in [4.78, 5) is 42.8. The van der Waals surface area contributed by atoms with Gasteiger partial charge in [0.25, 0.3) is 0 Å². The van der Waals surface area contributed by atoms with E-state index in [4.69, 9.17) is 0 Å². The molecule has 1 spiro atoms. The van der Waals surface area contributed by atoms with Gasteiger partial charge in [-0.25, -0.2) is 0 Å². The summed E-state index contributed by atoms with van der Waals surface area (Å²) in [6.45, 7) is 4.61. The van der Waals surface area contributed by atoms with E-state index in [2.05, 4.69) is 22.5 Å². The van der Waals surface area contributed by atoms with Gasteiger partial charge in [-0.2, -0.15) is 0 Å². The zero-order valence-electron chi connectivity index (χ0n) is 17.6. The molecule has 3 heterocycles. The van der Waals surface area contributed by atoms with Crippen molar-refractivity contribution >= 4 is 45.5 Å². The van der Waals surface area contributed by atoms with Gasteiger partial charge in [-0.15, -0.1) is 18.3 Å². The maximum Gasteiger partial charge on any atom is 0.308 e. The van der Waals surface area contributed by atoms with Crippen LogP contribution in [0.1, 0.15) is 18.4 Å². The van der Waals surface area contributed by atoms with E-state index < -0.39 is 28.6 Å². The second-order valence-electron chi connectivity index (χ2n) is 8.60. The molecule has 6 atom stereocenters. The van der Waals surface area contributed by atoms with Crippen molar-refractivity contribution in [2.45, 2.75) is 40.3 Å². The number of hydrogen-bond acceptors (Lipinski definition) is 5. The molecule has 0 radical (unpaired) electrons. The number of aliphatic hydroxyl groups is 1. The Kier molecular flexibility index (Phi) is 6.70. The van der Waals surface area contributed by atoms with Crippen LogP contribution in [0.25, 0.3) is 0 Å². The summed E-state index contributed by atoms with van der Waals surface area (Å²) in [5.41, 5.74) is 0.966. The first-order valence-electron chi connectivity index (χ1n) is 10.8. The molecule has 2 bridgehead atoms. The molecule has 3 aliphatic heterocycles. The second-order valence-corrected chi connectivity index (χ2v) is 11.3. The van der Waals surface area contributed by atoms with Crippen molar-refractivity contribution in [1.82, 2.24) is 9.80 Å². The normalized spacial score (nSPS) is 32.8. The lowest BCUT2D eigenvalue weighted by Crippen LogP contribution is -2.55. The van der Waals surface area contributed by atoms with E-state index in [-0.39, 0.29) is 35.0 Å². The molecular weight excluding hydrogens is 496 g/mol. The fraction of sp³-hybridized carbons (Fsp3) is 0.522. The second kappa shape index (κ2) is 9.19. The van der Waals surface area contributed by atoms with Gasteiger partial charge in [-0.1, -0.05) is 52.3 Å². The van der Waals surface area contributed by atoms with Gasteiger partial charge in [-0.3, -0.25) is 14.4 Å². The van der Waals surface area contributed by atoms with Crippen LogP contribution in [-0.2, 0) is 20.9 Å². The summed E-state index contributed by atoms with van der Waals surface area (Å²) in [6, 6.07) is 8.85. The third-order valence-corrected chi connectivity index (χ3v) is 9.96. The van der Waals surface area contributed by atoms with Gasteiger partial charge in [0.2, 0.25) is 11.8 Å². The Morgan fingerprint density at radius 3 is 2.69 bits per heavy atom. The average Bonchev–Trinajstić information content (AvgIpc) is 3.35. The molecule has 1 aromatic carbocycles.